The smallest absolute Gasteiger partial charge is 0.141 e. The molecular formula is C11H12FNO. The van der Waals surface area contributed by atoms with Gasteiger partial charge in [0.15, 0.2) is 0 Å². The van der Waals surface area contributed by atoms with Gasteiger partial charge in [-0.3, -0.25) is 4.98 Å². The van der Waals surface area contributed by atoms with Crippen LogP contribution in [0.2, 0.25) is 0 Å². The summed E-state index contributed by atoms with van der Waals surface area (Å²) < 4.78 is 12.7. The predicted molar refractivity (Wildman–Crippen MR) is 51.8 cm³/mol. The van der Waals surface area contributed by atoms with E-state index in [9.17, 15) is 9.50 Å². The predicted octanol–water partition coefficient (Wildman–Crippen LogP) is 2.06. The molecule has 0 saturated heterocycles. The lowest BCUT2D eigenvalue weighted by atomic mass is 10.1. The molecule has 1 aromatic heterocycles. The van der Waals surface area contributed by atoms with Crippen LogP contribution in [-0.4, -0.2) is 10.1 Å². The molecule has 0 bridgehead atoms. The van der Waals surface area contributed by atoms with Gasteiger partial charge in [-0.25, -0.2) is 4.39 Å². The molecular weight excluding hydrogens is 181 g/mol. The molecule has 0 radical (unpaired) electrons. The fourth-order valence-electron chi connectivity index (χ4n) is 1.17. The second-order valence-electron chi connectivity index (χ2n) is 3.05. The highest BCUT2D eigenvalue weighted by Crippen LogP contribution is 2.18. The van der Waals surface area contributed by atoms with E-state index < -0.39 is 11.9 Å². The van der Waals surface area contributed by atoms with Crippen molar-refractivity contribution < 1.29 is 9.50 Å². The molecule has 1 unspecified atom stereocenters. The Bertz CT molecular complexity index is 332. The van der Waals surface area contributed by atoms with Crippen LogP contribution in [0.5, 0.6) is 0 Å². The van der Waals surface area contributed by atoms with Crippen molar-refractivity contribution in [3.05, 3.63) is 29.8 Å². The van der Waals surface area contributed by atoms with E-state index in [1.54, 1.807) is 0 Å². The van der Waals surface area contributed by atoms with E-state index in [0.717, 1.165) is 12.6 Å². The fourth-order valence-corrected chi connectivity index (χ4v) is 1.17. The molecule has 0 amide bonds. The van der Waals surface area contributed by atoms with E-state index in [1.165, 1.54) is 12.3 Å². The number of pyridine rings is 1. The zero-order valence-corrected chi connectivity index (χ0v) is 7.78. The van der Waals surface area contributed by atoms with E-state index in [-0.39, 0.29) is 0 Å². The van der Waals surface area contributed by atoms with Gasteiger partial charge < -0.3 is 5.11 Å². The SMILES string of the molecule is C#CCCCC(O)c1cncc(F)c1. The average Bonchev–Trinajstić information content (AvgIpc) is 2.18. The molecule has 3 heteroatoms. The van der Waals surface area contributed by atoms with Crippen LogP contribution < -0.4 is 0 Å². The van der Waals surface area contributed by atoms with Crippen molar-refractivity contribution in [2.24, 2.45) is 0 Å². The number of aromatic nitrogens is 1. The quantitative estimate of drug-likeness (QED) is 0.586. The Morgan fingerprint density at radius 3 is 3.00 bits per heavy atom. The molecule has 1 N–H and O–H groups in total. The Morgan fingerprint density at radius 1 is 1.57 bits per heavy atom. The highest BCUT2D eigenvalue weighted by Gasteiger charge is 2.07. The number of hydrogen-bond acceptors (Lipinski definition) is 2. The highest BCUT2D eigenvalue weighted by atomic mass is 19.1. The van der Waals surface area contributed by atoms with Gasteiger partial charge in [-0.1, -0.05) is 0 Å². The van der Waals surface area contributed by atoms with E-state index in [2.05, 4.69) is 10.9 Å². The van der Waals surface area contributed by atoms with Gasteiger partial charge in [0.1, 0.15) is 5.82 Å². The van der Waals surface area contributed by atoms with Crippen molar-refractivity contribution in [3.8, 4) is 12.3 Å². The molecule has 0 aliphatic heterocycles. The van der Waals surface area contributed by atoms with E-state index in [1.807, 2.05) is 0 Å². The first-order valence-electron chi connectivity index (χ1n) is 4.46. The largest absolute Gasteiger partial charge is 0.388 e. The minimum atomic E-state index is -0.674. The molecule has 1 aromatic rings. The van der Waals surface area contributed by atoms with E-state index >= 15 is 0 Å². The molecule has 1 rings (SSSR count). The molecule has 0 aliphatic rings. The molecule has 0 aliphatic carbocycles. The van der Waals surface area contributed by atoms with Crippen LogP contribution in [0.15, 0.2) is 18.5 Å². The number of terminal acetylenes is 1. The monoisotopic (exact) mass is 193 g/mol. The second-order valence-corrected chi connectivity index (χ2v) is 3.05. The third-order valence-corrected chi connectivity index (χ3v) is 1.91. The molecule has 14 heavy (non-hydrogen) atoms. The fraction of sp³-hybridized carbons (Fsp3) is 0.364. The Kier molecular flexibility index (Phi) is 4.09. The maximum atomic E-state index is 12.7. The van der Waals surface area contributed by atoms with Crippen molar-refractivity contribution in [2.75, 3.05) is 0 Å². The van der Waals surface area contributed by atoms with Gasteiger partial charge in [0.25, 0.3) is 0 Å². The summed E-state index contributed by atoms with van der Waals surface area (Å²) in [5, 5.41) is 9.60. The minimum Gasteiger partial charge on any atom is -0.388 e. The van der Waals surface area contributed by atoms with Crippen LogP contribution in [0, 0.1) is 18.2 Å². The van der Waals surface area contributed by atoms with Crippen LogP contribution >= 0.6 is 0 Å². The van der Waals surface area contributed by atoms with Crippen LogP contribution in [0.25, 0.3) is 0 Å². The zero-order valence-electron chi connectivity index (χ0n) is 7.78. The summed E-state index contributed by atoms with van der Waals surface area (Å²) in [5.41, 5.74) is 0.502. The molecule has 0 saturated carbocycles. The number of aliphatic hydroxyl groups is 1. The lowest BCUT2D eigenvalue weighted by Crippen LogP contribution is -1.98. The lowest BCUT2D eigenvalue weighted by Gasteiger charge is -2.08. The maximum absolute atomic E-state index is 12.7. The molecule has 1 atom stereocenters. The van der Waals surface area contributed by atoms with Crippen molar-refractivity contribution >= 4 is 0 Å². The number of aliphatic hydroxyl groups excluding tert-OH is 1. The number of hydrogen-bond donors (Lipinski definition) is 1. The third kappa shape index (κ3) is 3.15. The van der Waals surface area contributed by atoms with Gasteiger partial charge >= 0.3 is 0 Å². The Labute approximate surface area is 82.8 Å². The Hall–Kier alpha value is -1.40. The summed E-state index contributed by atoms with van der Waals surface area (Å²) >= 11 is 0. The number of rotatable bonds is 4. The molecule has 0 aromatic carbocycles. The first-order valence-corrected chi connectivity index (χ1v) is 4.46. The first-order chi connectivity index (χ1) is 6.74. The molecule has 0 fully saturated rings. The number of unbranched alkanes of at least 4 members (excludes halogenated alkanes) is 1. The highest BCUT2D eigenvalue weighted by molar-refractivity contribution is 5.13. The van der Waals surface area contributed by atoms with Crippen molar-refractivity contribution in [1.29, 1.82) is 0 Å². The van der Waals surface area contributed by atoms with Gasteiger partial charge in [-0.05, 0) is 18.9 Å². The second kappa shape index (κ2) is 5.36. The summed E-state index contributed by atoms with van der Waals surface area (Å²) in [7, 11) is 0. The van der Waals surface area contributed by atoms with Crippen LogP contribution in [0.1, 0.15) is 30.9 Å². The Morgan fingerprint density at radius 2 is 2.36 bits per heavy atom. The molecule has 0 spiro atoms. The molecule has 74 valence electrons. The number of nitrogens with zero attached hydrogens (tertiary/aromatic N) is 1. The lowest BCUT2D eigenvalue weighted by molar-refractivity contribution is 0.164. The molecule has 2 nitrogen and oxygen atoms in total. The van der Waals surface area contributed by atoms with Gasteiger partial charge in [0.2, 0.25) is 0 Å². The average molecular weight is 193 g/mol. The summed E-state index contributed by atoms with van der Waals surface area (Å²) in [6.45, 7) is 0. The van der Waals surface area contributed by atoms with Crippen LogP contribution in [0.3, 0.4) is 0 Å². The van der Waals surface area contributed by atoms with Crippen molar-refractivity contribution in [2.45, 2.75) is 25.4 Å². The van der Waals surface area contributed by atoms with Crippen molar-refractivity contribution in [1.82, 2.24) is 4.98 Å². The van der Waals surface area contributed by atoms with Gasteiger partial charge in [0, 0.05) is 18.2 Å². The molecule has 1 heterocycles. The van der Waals surface area contributed by atoms with Crippen molar-refractivity contribution in [3.63, 3.8) is 0 Å². The normalized spacial score (nSPS) is 12.1. The topological polar surface area (TPSA) is 33.1 Å². The summed E-state index contributed by atoms with van der Waals surface area (Å²) in [6, 6.07) is 1.29. The maximum Gasteiger partial charge on any atom is 0.141 e. The first kappa shape index (κ1) is 10.7. The summed E-state index contributed by atoms with van der Waals surface area (Å²) in [6.07, 6.45) is 8.86. The van der Waals surface area contributed by atoms with Gasteiger partial charge in [-0.2, -0.15) is 0 Å². The summed E-state index contributed by atoms with van der Waals surface area (Å²) in [5.74, 6) is 2.05. The van der Waals surface area contributed by atoms with Gasteiger partial charge in [0.05, 0.1) is 12.3 Å². The standard InChI is InChI=1S/C11H12FNO/c1-2-3-4-5-11(14)9-6-10(12)8-13-7-9/h1,6-8,11,14H,3-5H2. The zero-order chi connectivity index (χ0) is 10.4. The Balaban J connectivity index is 2.52. The van der Waals surface area contributed by atoms with E-state index in [4.69, 9.17) is 6.42 Å². The summed E-state index contributed by atoms with van der Waals surface area (Å²) in [4.78, 5) is 3.66. The van der Waals surface area contributed by atoms with Gasteiger partial charge in [-0.15, -0.1) is 12.3 Å². The van der Waals surface area contributed by atoms with E-state index in [0.29, 0.717) is 18.4 Å². The van der Waals surface area contributed by atoms with Crippen LogP contribution in [-0.2, 0) is 0 Å². The minimum absolute atomic E-state index is 0.432. The third-order valence-electron chi connectivity index (χ3n) is 1.91. The van der Waals surface area contributed by atoms with Crippen LogP contribution in [0.4, 0.5) is 4.39 Å². The number of halogens is 1.